The predicted molar refractivity (Wildman–Crippen MR) is 49.9 cm³/mol. The van der Waals surface area contributed by atoms with E-state index >= 15 is 0 Å². The number of rotatable bonds is 3. The third-order valence-corrected chi connectivity index (χ3v) is 1.28. The van der Waals surface area contributed by atoms with Crippen molar-refractivity contribution < 1.29 is 9.59 Å². The molecule has 0 aromatic carbocycles. The summed E-state index contributed by atoms with van der Waals surface area (Å²) in [5.41, 5.74) is 7.53. The molecule has 0 aromatic heterocycles. The van der Waals surface area contributed by atoms with Gasteiger partial charge in [0.1, 0.15) is 0 Å². The quantitative estimate of drug-likeness (QED) is 0.369. The van der Waals surface area contributed by atoms with Crippen LogP contribution in [0, 0.1) is 5.92 Å². The summed E-state index contributed by atoms with van der Waals surface area (Å²) in [6, 6.07) is 0. The molecule has 5 heteroatoms. The van der Waals surface area contributed by atoms with Gasteiger partial charge in [-0.05, 0) is 19.3 Å². The Morgan fingerprint density at radius 2 is 2.00 bits per heavy atom. The zero-order valence-electron chi connectivity index (χ0n) is 8.13. The SMILES string of the molecule is C/C(CC(C)C)=N\NC(=O)C(N)=O. The molecule has 0 aliphatic rings. The van der Waals surface area contributed by atoms with Crippen LogP contribution in [0.2, 0.25) is 0 Å². The zero-order chi connectivity index (χ0) is 10.4. The molecule has 0 rings (SSSR count). The molecular formula is C8H15N3O2. The first kappa shape index (κ1) is 11.6. The van der Waals surface area contributed by atoms with Gasteiger partial charge in [0, 0.05) is 5.71 Å². The van der Waals surface area contributed by atoms with E-state index in [1.54, 1.807) is 6.92 Å². The Morgan fingerprint density at radius 1 is 1.46 bits per heavy atom. The van der Waals surface area contributed by atoms with Crippen LogP contribution in [-0.2, 0) is 9.59 Å². The number of amides is 2. The molecule has 5 nitrogen and oxygen atoms in total. The van der Waals surface area contributed by atoms with Gasteiger partial charge in [-0.3, -0.25) is 9.59 Å². The van der Waals surface area contributed by atoms with Crippen molar-refractivity contribution in [3.63, 3.8) is 0 Å². The number of hydrogen-bond donors (Lipinski definition) is 2. The van der Waals surface area contributed by atoms with Crippen molar-refractivity contribution in [3.8, 4) is 0 Å². The highest BCUT2D eigenvalue weighted by atomic mass is 16.2. The maximum absolute atomic E-state index is 10.6. The minimum Gasteiger partial charge on any atom is -0.361 e. The highest BCUT2D eigenvalue weighted by Crippen LogP contribution is 1.99. The van der Waals surface area contributed by atoms with E-state index in [2.05, 4.69) is 10.5 Å². The molecule has 0 saturated carbocycles. The third-order valence-electron chi connectivity index (χ3n) is 1.28. The van der Waals surface area contributed by atoms with Gasteiger partial charge in [-0.15, -0.1) is 0 Å². The van der Waals surface area contributed by atoms with E-state index in [1.165, 1.54) is 0 Å². The number of primary amides is 1. The van der Waals surface area contributed by atoms with Crippen LogP contribution in [-0.4, -0.2) is 17.5 Å². The van der Waals surface area contributed by atoms with Gasteiger partial charge in [-0.1, -0.05) is 13.8 Å². The van der Waals surface area contributed by atoms with E-state index in [9.17, 15) is 9.59 Å². The molecule has 0 unspecified atom stereocenters. The predicted octanol–water partition coefficient (Wildman–Crippen LogP) is 0.00990. The minimum absolute atomic E-state index is 0.467. The summed E-state index contributed by atoms with van der Waals surface area (Å²) >= 11 is 0. The van der Waals surface area contributed by atoms with Crippen molar-refractivity contribution in [2.45, 2.75) is 27.2 Å². The maximum Gasteiger partial charge on any atom is 0.329 e. The maximum atomic E-state index is 10.6. The van der Waals surface area contributed by atoms with Crippen LogP contribution in [0.15, 0.2) is 5.10 Å². The number of carbonyl (C=O) groups excluding carboxylic acids is 2. The second-order valence-electron chi connectivity index (χ2n) is 3.25. The Hall–Kier alpha value is -1.39. The highest BCUT2D eigenvalue weighted by Gasteiger charge is 2.06. The Morgan fingerprint density at radius 3 is 2.38 bits per heavy atom. The second-order valence-corrected chi connectivity index (χ2v) is 3.25. The topological polar surface area (TPSA) is 84.6 Å². The van der Waals surface area contributed by atoms with Gasteiger partial charge in [0.15, 0.2) is 0 Å². The van der Waals surface area contributed by atoms with Gasteiger partial charge in [0.05, 0.1) is 0 Å². The Balaban J connectivity index is 3.97. The lowest BCUT2D eigenvalue weighted by atomic mass is 10.1. The van der Waals surface area contributed by atoms with E-state index in [0.717, 1.165) is 12.1 Å². The summed E-state index contributed by atoms with van der Waals surface area (Å²) in [6.45, 7) is 5.85. The van der Waals surface area contributed by atoms with Crippen LogP contribution in [0.25, 0.3) is 0 Å². The molecule has 74 valence electrons. The van der Waals surface area contributed by atoms with E-state index in [4.69, 9.17) is 5.73 Å². The molecule has 0 atom stereocenters. The molecule has 2 amide bonds. The van der Waals surface area contributed by atoms with Crippen molar-refractivity contribution in [1.29, 1.82) is 0 Å². The second kappa shape index (κ2) is 5.29. The van der Waals surface area contributed by atoms with Crippen LogP contribution in [0.4, 0.5) is 0 Å². The summed E-state index contributed by atoms with van der Waals surface area (Å²) in [5, 5.41) is 3.70. The number of nitrogens with two attached hydrogens (primary N) is 1. The first-order chi connectivity index (χ1) is 5.93. The number of carbonyl (C=O) groups is 2. The van der Waals surface area contributed by atoms with Crippen molar-refractivity contribution in [2.75, 3.05) is 0 Å². The van der Waals surface area contributed by atoms with Gasteiger partial charge in [-0.25, -0.2) is 5.43 Å². The summed E-state index contributed by atoms with van der Waals surface area (Å²) in [5.74, 6) is -1.45. The summed E-state index contributed by atoms with van der Waals surface area (Å²) in [6.07, 6.45) is 0.777. The third kappa shape index (κ3) is 5.84. The molecule has 0 aliphatic carbocycles. The monoisotopic (exact) mass is 185 g/mol. The molecule has 0 fully saturated rings. The number of hydrazone groups is 1. The van der Waals surface area contributed by atoms with Gasteiger partial charge in [0.2, 0.25) is 0 Å². The Kier molecular flexibility index (Phi) is 4.72. The molecule has 13 heavy (non-hydrogen) atoms. The Labute approximate surface area is 77.4 Å². The van der Waals surface area contributed by atoms with Gasteiger partial charge in [0.25, 0.3) is 0 Å². The number of nitrogens with one attached hydrogen (secondary N) is 1. The van der Waals surface area contributed by atoms with E-state index < -0.39 is 11.8 Å². The first-order valence-electron chi connectivity index (χ1n) is 4.06. The largest absolute Gasteiger partial charge is 0.361 e. The van der Waals surface area contributed by atoms with Crippen molar-refractivity contribution in [1.82, 2.24) is 5.43 Å². The van der Waals surface area contributed by atoms with E-state index in [1.807, 2.05) is 13.8 Å². The molecule has 0 bridgehead atoms. The van der Waals surface area contributed by atoms with Crippen molar-refractivity contribution in [2.24, 2.45) is 16.8 Å². The van der Waals surface area contributed by atoms with Gasteiger partial charge >= 0.3 is 11.8 Å². The number of hydrogen-bond acceptors (Lipinski definition) is 3. The van der Waals surface area contributed by atoms with Crippen molar-refractivity contribution in [3.05, 3.63) is 0 Å². The smallest absolute Gasteiger partial charge is 0.329 e. The molecule has 0 aliphatic heterocycles. The van der Waals surface area contributed by atoms with Crippen molar-refractivity contribution >= 4 is 17.5 Å². The molecule has 0 spiro atoms. The average Bonchev–Trinajstić information content (AvgIpc) is 1.98. The summed E-state index contributed by atoms with van der Waals surface area (Å²) in [7, 11) is 0. The van der Waals surface area contributed by atoms with Crippen LogP contribution in [0.3, 0.4) is 0 Å². The normalized spacial score (nSPS) is 11.5. The van der Waals surface area contributed by atoms with E-state index in [0.29, 0.717) is 5.92 Å². The van der Waals surface area contributed by atoms with Crippen LogP contribution >= 0.6 is 0 Å². The van der Waals surface area contributed by atoms with E-state index in [-0.39, 0.29) is 0 Å². The van der Waals surface area contributed by atoms with Crippen LogP contribution < -0.4 is 11.2 Å². The molecule has 0 aromatic rings. The molecule has 0 heterocycles. The lowest BCUT2D eigenvalue weighted by Crippen LogP contribution is -2.33. The molecule has 3 N–H and O–H groups in total. The summed E-state index contributed by atoms with van der Waals surface area (Å²) < 4.78 is 0. The average molecular weight is 185 g/mol. The zero-order valence-corrected chi connectivity index (χ0v) is 8.13. The van der Waals surface area contributed by atoms with Crippen LogP contribution in [0.5, 0.6) is 0 Å². The first-order valence-corrected chi connectivity index (χ1v) is 4.06. The van der Waals surface area contributed by atoms with Gasteiger partial charge < -0.3 is 5.73 Å². The standard InChI is InChI=1S/C8H15N3O2/c1-5(2)4-6(3)10-11-8(13)7(9)12/h5H,4H2,1-3H3,(H2,9,12)(H,11,13)/b10-6+. The highest BCUT2D eigenvalue weighted by molar-refractivity contribution is 6.34. The van der Waals surface area contributed by atoms with Gasteiger partial charge in [-0.2, -0.15) is 5.10 Å². The lowest BCUT2D eigenvalue weighted by Gasteiger charge is -2.03. The minimum atomic E-state index is -1.03. The Bertz CT molecular complexity index is 234. The lowest BCUT2D eigenvalue weighted by molar-refractivity contribution is -0.137. The molecular weight excluding hydrogens is 170 g/mol. The number of nitrogens with zero attached hydrogens (tertiary/aromatic N) is 1. The fraction of sp³-hybridized carbons (Fsp3) is 0.625. The molecule has 0 saturated heterocycles. The molecule has 0 radical (unpaired) electrons. The van der Waals surface area contributed by atoms with Crippen LogP contribution in [0.1, 0.15) is 27.2 Å². The fourth-order valence-electron chi connectivity index (χ4n) is 0.838. The fourth-order valence-corrected chi connectivity index (χ4v) is 0.838. The summed E-state index contributed by atoms with van der Waals surface area (Å²) in [4.78, 5) is 20.9.